The lowest BCUT2D eigenvalue weighted by Gasteiger charge is -2.28. The Morgan fingerprint density at radius 3 is 2.05 bits per heavy atom. The minimum Gasteiger partial charge on any atom is -0.326 e. The van der Waals surface area contributed by atoms with Gasteiger partial charge in [-0.3, -0.25) is 4.68 Å². The van der Waals surface area contributed by atoms with Gasteiger partial charge in [-0.25, -0.2) is 0 Å². The lowest BCUT2D eigenvalue weighted by molar-refractivity contribution is -0.289. The van der Waals surface area contributed by atoms with Gasteiger partial charge < -0.3 is 5.73 Å². The van der Waals surface area contributed by atoms with E-state index in [-0.39, 0.29) is 5.69 Å². The van der Waals surface area contributed by atoms with Crippen LogP contribution in [-0.4, -0.2) is 28.2 Å². The first-order chi connectivity index (χ1) is 8.96. The van der Waals surface area contributed by atoms with E-state index in [9.17, 15) is 26.3 Å². The Kier molecular flexibility index (Phi) is 4.73. The first kappa shape index (κ1) is 16.8. The number of alkyl halides is 6. The second kappa shape index (κ2) is 5.63. The van der Waals surface area contributed by atoms with Gasteiger partial charge in [0.15, 0.2) is 5.92 Å². The SMILES string of the molecule is CCc1cc(CC(N)C(C(F)(F)F)C(F)(F)F)n(C)n1. The van der Waals surface area contributed by atoms with Crippen LogP contribution in [0.5, 0.6) is 0 Å². The highest BCUT2D eigenvalue weighted by atomic mass is 19.4. The van der Waals surface area contributed by atoms with Crippen LogP contribution in [0.3, 0.4) is 0 Å². The second-order valence-electron chi connectivity index (χ2n) is 4.53. The molecule has 0 fully saturated rings. The molecule has 0 aliphatic carbocycles. The topological polar surface area (TPSA) is 43.8 Å². The van der Waals surface area contributed by atoms with Crippen molar-refractivity contribution in [1.82, 2.24) is 9.78 Å². The molecule has 0 radical (unpaired) electrons. The van der Waals surface area contributed by atoms with E-state index in [1.54, 1.807) is 6.92 Å². The Morgan fingerprint density at radius 1 is 1.20 bits per heavy atom. The molecule has 1 atom stereocenters. The van der Waals surface area contributed by atoms with Crippen LogP contribution >= 0.6 is 0 Å². The molecule has 0 amide bonds. The van der Waals surface area contributed by atoms with E-state index >= 15 is 0 Å². The van der Waals surface area contributed by atoms with Gasteiger partial charge >= 0.3 is 12.4 Å². The number of hydrogen-bond acceptors (Lipinski definition) is 2. The molecule has 1 heterocycles. The molecule has 20 heavy (non-hydrogen) atoms. The summed E-state index contributed by atoms with van der Waals surface area (Å²) in [7, 11) is 1.46. The van der Waals surface area contributed by atoms with Crippen LogP contribution < -0.4 is 5.73 Å². The van der Waals surface area contributed by atoms with Crippen LogP contribution in [0.1, 0.15) is 18.3 Å². The van der Waals surface area contributed by atoms with Crippen LogP contribution in [0.4, 0.5) is 26.3 Å². The first-order valence-electron chi connectivity index (χ1n) is 5.87. The molecule has 1 aromatic heterocycles. The van der Waals surface area contributed by atoms with Crippen LogP contribution in [0.15, 0.2) is 6.07 Å². The maximum Gasteiger partial charge on any atom is 0.402 e. The second-order valence-corrected chi connectivity index (χ2v) is 4.53. The number of aryl methyl sites for hydroxylation is 2. The molecule has 1 unspecified atom stereocenters. The van der Waals surface area contributed by atoms with Gasteiger partial charge in [0, 0.05) is 25.2 Å². The summed E-state index contributed by atoms with van der Waals surface area (Å²) in [6, 6.07) is -0.640. The van der Waals surface area contributed by atoms with E-state index in [0.717, 1.165) is 0 Å². The molecule has 0 aromatic carbocycles. The summed E-state index contributed by atoms with van der Waals surface area (Å²) in [5.74, 6) is -3.55. The highest BCUT2D eigenvalue weighted by Gasteiger charge is 2.59. The Hall–Kier alpha value is -1.25. The van der Waals surface area contributed by atoms with Gasteiger partial charge in [0.1, 0.15) is 0 Å². The lowest BCUT2D eigenvalue weighted by Crippen LogP contribution is -2.50. The monoisotopic (exact) mass is 303 g/mol. The van der Waals surface area contributed by atoms with Gasteiger partial charge in [-0.05, 0) is 12.5 Å². The van der Waals surface area contributed by atoms with Gasteiger partial charge in [0.25, 0.3) is 0 Å². The number of rotatable bonds is 4. The van der Waals surface area contributed by atoms with Gasteiger partial charge in [-0.15, -0.1) is 0 Å². The van der Waals surface area contributed by atoms with E-state index in [1.807, 2.05) is 0 Å². The molecule has 0 saturated heterocycles. The predicted octanol–water partition coefficient (Wildman–Crippen LogP) is 2.59. The summed E-state index contributed by atoms with van der Waals surface area (Å²) in [5, 5.41) is 3.96. The smallest absolute Gasteiger partial charge is 0.326 e. The molecule has 9 heteroatoms. The molecule has 0 bridgehead atoms. The number of aromatic nitrogens is 2. The molecule has 1 rings (SSSR count). The van der Waals surface area contributed by atoms with E-state index in [2.05, 4.69) is 5.10 Å². The van der Waals surface area contributed by atoms with E-state index in [0.29, 0.717) is 12.1 Å². The summed E-state index contributed by atoms with van der Waals surface area (Å²) in [4.78, 5) is 0. The van der Waals surface area contributed by atoms with Crippen molar-refractivity contribution < 1.29 is 26.3 Å². The summed E-state index contributed by atoms with van der Waals surface area (Å²) in [5.41, 5.74) is 5.99. The quantitative estimate of drug-likeness (QED) is 0.869. The number of hydrogen-bond donors (Lipinski definition) is 1. The Labute approximate surface area is 111 Å². The third kappa shape index (κ3) is 3.87. The van der Waals surface area contributed by atoms with Crippen molar-refractivity contribution >= 4 is 0 Å². The Balaban J connectivity index is 2.97. The zero-order chi connectivity index (χ0) is 15.7. The fraction of sp³-hybridized carbons (Fsp3) is 0.727. The van der Waals surface area contributed by atoms with Crippen LogP contribution in [-0.2, 0) is 19.9 Å². The molecular formula is C11H15F6N3. The van der Waals surface area contributed by atoms with E-state index in [1.165, 1.54) is 17.8 Å². The van der Waals surface area contributed by atoms with Crippen molar-refractivity contribution in [3.05, 3.63) is 17.5 Å². The average Bonchev–Trinajstić information content (AvgIpc) is 2.55. The summed E-state index contributed by atoms with van der Waals surface area (Å²) < 4.78 is 76.4. The molecule has 0 aliphatic rings. The van der Waals surface area contributed by atoms with Gasteiger partial charge in [-0.2, -0.15) is 31.4 Å². The number of nitrogens with two attached hydrogens (primary N) is 1. The summed E-state index contributed by atoms with van der Waals surface area (Å²) >= 11 is 0. The molecular weight excluding hydrogens is 288 g/mol. The summed E-state index contributed by atoms with van der Waals surface area (Å²) in [6.07, 6.45) is -10.9. The van der Waals surface area contributed by atoms with Crippen molar-refractivity contribution in [2.24, 2.45) is 18.7 Å². The van der Waals surface area contributed by atoms with Crippen LogP contribution in [0.2, 0.25) is 0 Å². The van der Waals surface area contributed by atoms with Gasteiger partial charge in [0.05, 0.1) is 5.69 Å². The molecule has 0 saturated carbocycles. The Morgan fingerprint density at radius 2 is 1.70 bits per heavy atom. The van der Waals surface area contributed by atoms with Crippen LogP contribution in [0, 0.1) is 5.92 Å². The Bertz CT molecular complexity index is 434. The van der Waals surface area contributed by atoms with E-state index < -0.39 is 30.7 Å². The maximum absolute atomic E-state index is 12.5. The molecule has 3 nitrogen and oxygen atoms in total. The standard InChI is InChI=1S/C11H15F6N3/c1-3-6-4-7(20(2)19-6)5-8(18)9(10(12,13)14)11(15,16)17/h4,8-9H,3,5,18H2,1-2H3. The largest absolute Gasteiger partial charge is 0.402 e. The molecule has 2 N–H and O–H groups in total. The molecule has 0 aliphatic heterocycles. The van der Waals surface area contributed by atoms with E-state index in [4.69, 9.17) is 5.73 Å². The summed E-state index contributed by atoms with van der Waals surface area (Å²) in [6.45, 7) is 1.78. The molecule has 0 spiro atoms. The molecule has 1 aromatic rings. The highest BCUT2D eigenvalue weighted by molar-refractivity contribution is 5.12. The minimum atomic E-state index is -5.43. The average molecular weight is 303 g/mol. The van der Waals surface area contributed by atoms with Gasteiger partial charge in [0.2, 0.25) is 0 Å². The van der Waals surface area contributed by atoms with Crippen molar-refractivity contribution in [3.8, 4) is 0 Å². The lowest BCUT2D eigenvalue weighted by atomic mass is 9.95. The fourth-order valence-corrected chi connectivity index (χ4v) is 1.97. The fourth-order valence-electron chi connectivity index (χ4n) is 1.97. The highest BCUT2D eigenvalue weighted by Crippen LogP contribution is 2.41. The maximum atomic E-state index is 12.5. The number of halogens is 6. The zero-order valence-electron chi connectivity index (χ0n) is 10.9. The minimum absolute atomic E-state index is 0.243. The van der Waals surface area contributed by atoms with Gasteiger partial charge in [-0.1, -0.05) is 6.92 Å². The first-order valence-corrected chi connectivity index (χ1v) is 5.87. The zero-order valence-corrected chi connectivity index (χ0v) is 10.9. The normalized spacial score (nSPS) is 14.9. The predicted molar refractivity (Wildman–Crippen MR) is 59.9 cm³/mol. The van der Waals surface area contributed by atoms with Crippen LogP contribution in [0.25, 0.3) is 0 Å². The van der Waals surface area contributed by atoms with Crippen molar-refractivity contribution in [2.75, 3.05) is 0 Å². The van der Waals surface area contributed by atoms with Crippen molar-refractivity contribution in [2.45, 2.75) is 38.2 Å². The number of nitrogens with zero attached hydrogens (tertiary/aromatic N) is 2. The third-order valence-corrected chi connectivity index (χ3v) is 2.97. The van der Waals surface area contributed by atoms with Crippen molar-refractivity contribution in [1.29, 1.82) is 0 Å². The van der Waals surface area contributed by atoms with Crippen molar-refractivity contribution in [3.63, 3.8) is 0 Å². The third-order valence-electron chi connectivity index (χ3n) is 2.97. The molecule has 116 valence electrons.